The molecule has 1 aromatic rings. The molecule has 0 saturated heterocycles. The van der Waals surface area contributed by atoms with Crippen molar-refractivity contribution < 1.29 is 9.90 Å². The highest BCUT2D eigenvalue weighted by Gasteiger charge is 1.98. The second kappa shape index (κ2) is 5.50. The van der Waals surface area contributed by atoms with Crippen molar-refractivity contribution in [2.24, 2.45) is 0 Å². The largest absolute Gasteiger partial charge is 0.478 e. The van der Waals surface area contributed by atoms with Crippen LogP contribution in [0.2, 0.25) is 0 Å². The number of hydrogen-bond acceptors (Lipinski definition) is 4. The zero-order valence-corrected chi connectivity index (χ0v) is 9.41. The average Bonchev–Trinajstić information content (AvgIpc) is 2.10. The van der Waals surface area contributed by atoms with E-state index in [-0.39, 0.29) is 0 Å². The first-order valence-corrected chi connectivity index (χ1v) is 5.41. The van der Waals surface area contributed by atoms with Crippen molar-refractivity contribution in [3.8, 4) is 0 Å². The van der Waals surface area contributed by atoms with E-state index in [4.69, 9.17) is 5.11 Å². The lowest BCUT2D eigenvalue weighted by atomic mass is 10.4. The maximum absolute atomic E-state index is 10.2. The first-order chi connectivity index (χ1) is 7.08. The molecule has 4 nitrogen and oxygen atoms in total. The quantitative estimate of drug-likeness (QED) is 0.480. The Bertz CT molecular complexity index is 371. The van der Waals surface area contributed by atoms with Crippen LogP contribution in [0.4, 0.5) is 0 Å². The third-order valence-electron chi connectivity index (χ3n) is 1.53. The Labute approximate surface area is 92.4 Å². The lowest BCUT2D eigenvalue weighted by Gasteiger charge is -2.00. The van der Waals surface area contributed by atoms with E-state index in [9.17, 15) is 4.79 Å². The van der Waals surface area contributed by atoms with E-state index in [1.807, 2.05) is 19.9 Å². The summed E-state index contributed by atoms with van der Waals surface area (Å²) in [5, 5.41) is 9.05. The van der Waals surface area contributed by atoms with Gasteiger partial charge < -0.3 is 5.11 Å². The molecule has 15 heavy (non-hydrogen) atoms. The number of thioether (sulfide) groups is 1. The number of aryl methyl sites for hydroxylation is 2. The van der Waals surface area contributed by atoms with Crippen molar-refractivity contribution >= 4 is 17.7 Å². The van der Waals surface area contributed by atoms with Crippen molar-refractivity contribution in [3.63, 3.8) is 0 Å². The first-order valence-electron chi connectivity index (χ1n) is 4.42. The summed E-state index contributed by atoms with van der Waals surface area (Å²) in [5.74, 6) is -0.369. The molecule has 1 heterocycles. The third kappa shape index (κ3) is 4.60. The molecule has 0 aliphatic rings. The van der Waals surface area contributed by atoms with E-state index in [2.05, 4.69) is 9.97 Å². The summed E-state index contributed by atoms with van der Waals surface area (Å²) < 4.78 is 0. The van der Waals surface area contributed by atoms with Crippen LogP contribution < -0.4 is 0 Å². The first kappa shape index (κ1) is 11.7. The van der Waals surface area contributed by atoms with Gasteiger partial charge in [0.15, 0.2) is 5.16 Å². The smallest absolute Gasteiger partial charge is 0.328 e. The fraction of sp³-hybridized carbons (Fsp3) is 0.300. The summed E-state index contributed by atoms with van der Waals surface area (Å²) in [4.78, 5) is 18.6. The normalized spacial score (nSPS) is 10.8. The van der Waals surface area contributed by atoms with Crippen LogP contribution in [-0.2, 0) is 4.79 Å². The number of nitrogens with zero attached hydrogens (tertiary/aromatic N) is 2. The second-order valence-corrected chi connectivity index (χ2v) is 3.97. The topological polar surface area (TPSA) is 63.1 Å². The van der Waals surface area contributed by atoms with Gasteiger partial charge in [-0.25, -0.2) is 14.8 Å². The van der Waals surface area contributed by atoms with E-state index in [0.29, 0.717) is 10.9 Å². The predicted molar refractivity (Wildman–Crippen MR) is 59.0 cm³/mol. The fourth-order valence-corrected chi connectivity index (χ4v) is 1.79. The highest BCUT2D eigenvalue weighted by Crippen LogP contribution is 2.13. The van der Waals surface area contributed by atoms with Crippen LogP contribution in [0.15, 0.2) is 23.4 Å². The molecule has 0 amide bonds. The van der Waals surface area contributed by atoms with Crippen molar-refractivity contribution in [1.29, 1.82) is 0 Å². The van der Waals surface area contributed by atoms with Crippen molar-refractivity contribution in [1.82, 2.24) is 9.97 Å². The zero-order chi connectivity index (χ0) is 11.3. The summed E-state index contributed by atoms with van der Waals surface area (Å²) in [5.41, 5.74) is 1.85. The molecule has 0 unspecified atom stereocenters. The highest BCUT2D eigenvalue weighted by molar-refractivity contribution is 7.99. The van der Waals surface area contributed by atoms with E-state index < -0.39 is 5.97 Å². The van der Waals surface area contributed by atoms with E-state index in [0.717, 1.165) is 17.5 Å². The maximum Gasteiger partial charge on any atom is 0.328 e. The highest BCUT2D eigenvalue weighted by atomic mass is 32.2. The number of carbonyl (C=O) groups is 1. The Morgan fingerprint density at radius 3 is 2.60 bits per heavy atom. The SMILES string of the molecule is Cc1cc(C)nc(SCC=CC(=O)O)n1. The number of rotatable bonds is 4. The monoisotopic (exact) mass is 224 g/mol. The molecular formula is C10H12N2O2S. The third-order valence-corrected chi connectivity index (χ3v) is 2.33. The van der Waals surface area contributed by atoms with Gasteiger partial charge in [-0.2, -0.15) is 0 Å². The van der Waals surface area contributed by atoms with Gasteiger partial charge >= 0.3 is 5.97 Å². The fourth-order valence-electron chi connectivity index (χ4n) is 1.03. The number of hydrogen-bond donors (Lipinski definition) is 1. The molecule has 0 fully saturated rings. The molecule has 0 spiro atoms. The lowest BCUT2D eigenvalue weighted by molar-refractivity contribution is -0.131. The molecule has 1 aromatic heterocycles. The van der Waals surface area contributed by atoms with Crippen LogP contribution in [-0.4, -0.2) is 26.8 Å². The summed E-state index contributed by atoms with van der Waals surface area (Å²) in [6.45, 7) is 3.82. The maximum atomic E-state index is 10.2. The Kier molecular flexibility index (Phi) is 4.30. The van der Waals surface area contributed by atoms with E-state index in [1.54, 1.807) is 6.08 Å². The molecule has 80 valence electrons. The van der Waals surface area contributed by atoms with Gasteiger partial charge in [-0.1, -0.05) is 17.8 Å². The molecule has 0 saturated carbocycles. The molecule has 0 radical (unpaired) electrons. The minimum atomic E-state index is -0.933. The van der Waals surface area contributed by atoms with Crippen LogP contribution in [0, 0.1) is 13.8 Å². The summed E-state index contributed by atoms with van der Waals surface area (Å²) in [6, 6.07) is 1.90. The van der Waals surface area contributed by atoms with Gasteiger partial charge in [0.2, 0.25) is 0 Å². The van der Waals surface area contributed by atoms with E-state index in [1.165, 1.54) is 11.8 Å². The summed E-state index contributed by atoms with van der Waals surface area (Å²) in [6.07, 6.45) is 2.70. The number of aromatic nitrogens is 2. The Morgan fingerprint density at radius 2 is 2.07 bits per heavy atom. The lowest BCUT2D eigenvalue weighted by Crippen LogP contribution is -1.93. The van der Waals surface area contributed by atoms with Gasteiger partial charge in [-0.15, -0.1) is 0 Å². The summed E-state index contributed by atoms with van der Waals surface area (Å²) in [7, 11) is 0. The van der Waals surface area contributed by atoms with Gasteiger partial charge in [0, 0.05) is 23.2 Å². The number of carboxylic acids is 1. The molecule has 1 rings (SSSR count). The predicted octanol–water partition coefficient (Wildman–Crippen LogP) is 1.83. The number of aliphatic carboxylic acids is 1. The van der Waals surface area contributed by atoms with Crippen LogP contribution in [0.1, 0.15) is 11.4 Å². The van der Waals surface area contributed by atoms with Gasteiger partial charge in [0.1, 0.15) is 0 Å². The van der Waals surface area contributed by atoms with E-state index >= 15 is 0 Å². The minimum Gasteiger partial charge on any atom is -0.478 e. The second-order valence-electron chi connectivity index (χ2n) is 2.98. The average molecular weight is 224 g/mol. The molecule has 0 aromatic carbocycles. The molecule has 0 bridgehead atoms. The Balaban J connectivity index is 2.54. The Hall–Kier alpha value is -1.36. The van der Waals surface area contributed by atoms with Crippen LogP contribution >= 0.6 is 11.8 Å². The Morgan fingerprint density at radius 1 is 1.47 bits per heavy atom. The van der Waals surface area contributed by atoms with Crippen molar-refractivity contribution in [2.75, 3.05) is 5.75 Å². The molecule has 0 aliphatic heterocycles. The molecular weight excluding hydrogens is 212 g/mol. The van der Waals surface area contributed by atoms with Gasteiger partial charge in [0.25, 0.3) is 0 Å². The van der Waals surface area contributed by atoms with Crippen LogP contribution in [0.5, 0.6) is 0 Å². The zero-order valence-electron chi connectivity index (χ0n) is 8.60. The van der Waals surface area contributed by atoms with Crippen LogP contribution in [0.3, 0.4) is 0 Å². The number of carboxylic acid groups (broad SMARTS) is 1. The van der Waals surface area contributed by atoms with Crippen molar-refractivity contribution in [2.45, 2.75) is 19.0 Å². The standard InChI is InChI=1S/C10H12N2O2S/c1-7-6-8(2)12-10(11-7)15-5-3-4-9(13)14/h3-4,6H,5H2,1-2H3,(H,13,14). The molecule has 0 atom stereocenters. The van der Waals surface area contributed by atoms with Gasteiger partial charge in [-0.05, 0) is 19.9 Å². The summed E-state index contributed by atoms with van der Waals surface area (Å²) >= 11 is 1.42. The van der Waals surface area contributed by atoms with Crippen LogP contribution in [0.25, 0.3) is 0 Å². The van der Waals surface area contributed by atoms with Gasteiger partial charge in [0.05, 0.1) is 0 Å². The molecule has 0 aliphatic carbocycles. The molecule has 5 heteroatoms. The molecule has 1 N–H and O–H groups in total. The van der Waals surface area contributed by atoms with Gasteiger partial charge in [-0.3, -0.25) is 0 Å². The minimum absolute atomic E-state index is 0.565. The van der Waals surface area contributed by atoms with Crippen molar-refractivity contribution in [3.05, 3.63) is 29.6 Å².